The van der Waals surface area contributed by atoms with E-state index in [0.717, 1.165) is 68.0 Å². The Morgan fingerprint density at radius 1 is 1.04 bits per heavy atom. The first-order chi connectivity index (χ1) is 12.8. The number of para-hydroxylation sites is 1. The first-order valence-electron chi connectivity index (χ1n) is 9.28. The third-order valence-corrected chi connectivity index (χ3v) is 5.90. The number of rotatable bonds is 6. The van der Waals surface area contributed by atoms with Crippen molar-refractivity contribution in [1.82, 2.24) is 14.9 Å². The molecule has 1 saturated heterocycles. The number of piperazine rings is 1. The van der Waals surface area contributed by atoms with E-state index in [2.05, 4.69) is 50.1 Å². The molecule has 136 valence electrons. The molecule has 3 heterocycles. The number of anilines is 1. The van der Waals surface area contributed by atoms with Crippen molar-refractivity contribution in [3.63, 3.8) is 0 Å². The van der Waals surface area contributed by atoms with E-state index in [4.69, 9.17) is 0 Å². The number of aryl methyl sites for hydroxylation is 1. The Morgan fingerprint density at radius 3 is 2.65 bits per heavy atom. The number of aromatic nitrogens is 2. The van der Waals surface area contributed by atoms with Crippen molar-refractivity contribution in [2.75, 3.05) is 37.6 Å². The Labute approximate surface area is 157 Å². The van der Waals surface area contributed by atoms with Gasteiger partial charge in [0.2, 0.25) is 0 Å². The highest BCUT2D eigenvalue weighted by molar-refractivity contribution is 7.17. The number of unbranched alkanes of at least 4 members (excludes halogenated alkanes) is 1. The largest absolute Gasteiger partial charge is 0.369 e. The first kappa shape index (κ1) is 17.2. The van der Waals surface area contributed by atoms with Gasteiger partial charge < -0.3 is 9.88 Å². The van der Waals surface area contributed by atoms with Crippen LogP contribution in [0.2, 0.25) is 0 Å². The summed E-state index contributed by atoms with van der Waals surface area (Å²) in [5.74, 6) is 0.815. The summed E-state index contributed by atoms with van der Waals surface area (Å²) in [6.07, 6.45) is 3.03. The van der Waals surface area contributed by atoms with Gasteiger partial charge >= 0.3 is 0 Å². The fraction of sp³-hybridized carbons (Fsp3) is 0.400. The molecule has 0 bridgehead atoms. The van der Waals surface area contributed by atoms with E-state index in [1.165, 1.54) is 17.0 Å². The summed E-state index contributed by atoms with van der Waals surface area (Å²) >= 11 is 1.45. The number of H-pyrrole nitrogens is 1. The lowest BCUT2D eigenvalue weighted by molar-refractivity contribution is 0.253. The molecular weight excluding hydrogens is 344 g/mol. The number of hydrogen-bond donors (Lipinski definition) is 1. The number of thiophene rings is 1. The van der Waals surface area contributed by atoms with Crippen LogP contribution in [0.5, 0.6) is 0 Å². The van der Waals surface area contributed by atoms with E-state index in [0.29, 0.717) is 0 Å². The molecule has 3 aromatic rings. The summed E-state index contributed by atoms with van der Waals surface area (Å²) < 4.78 is 0.727. The van der Waals surface area contributed by atoms with E-state index >= 15 is 0 Å². The van der Waals surface area contributed by atoms with Crippen molar-refractivity contribution in [3.05, 3.63) is 58.0 Å². The number of fused-ring (bicyclic) bond motifs is 1. The number of aromatic amines is 1. The molecule has 0 atom stereocenters. The Bertz CT molecular complexity index is 897. The van der Waals surface area contributed by atoms with E-state index in [-0.39, 0.29) is 5.56 Å². The Morgan fingerprint density at radius 2 is 1.85 bits per heavy atom. The molecule has 6 heteroatoms. The molecule has 1 fully saturated rings. The van der Waals surface area contributed by atoms with Gasteiger partial charge in [-0.1, -0.05) is 18.2 Å². The average Bonchev–Trinajstić information content (AvgIpc) is 3.16. The predicted octanol–water partition coefficient (Wildman–Crippen LogP) is 3.13. The van der Waals surface area contributed by atoms with Gasteiger partial charge in [0.05, 0.1) is 5.52 Å². The third-order valence-electron chi connectivity index (χ3n) is 5.00. The van der Waals surface area contributed by atoms with Crippen molar-refractivity contribution in [1.29, 1.82) is 0 Å². The number of nitrogens with one attached hydrogen (secondary N) is 1. The molecule has 5 nitrogen and oxygen atoms in total. The molecule has 1 aliphatic rings. The van der Waals surface area contributed by atoms with Gasteiger partial charge in [0.1, 0.15) is 10.5 Å². The molecule has 1 aliphatic heterocycles. The van der Waals surface area contributed by atoms with Gasteiger partial charge in [0.25, 0.3) is 5.56 Å². The van der Waals surface area contributed by atoms with Crippen LogP contribution < -0.4 is 10.5 Å². The van der Waals surface area contributed by atoms with Crippen molar-refractivity contribution < 1.29 is 0 Å². The zero-order valence-corrected chi connectivity index (χ0v) is 15.7. The van der Waals surface area contributed by atoms with Crippen LogP contribution in [0.4, 0.5) is 5.69 Å². The smallest absolute Gasteiger partial charge is 0.268 e. The Hall–Kier alpha value is -2.18. The van der Waals surface area contributed by atoms with Gasteiger partial charge in [-0.3, -0.25) is 9.69 Å². The van der Waals surface area contributed by atoms with E-state index in [9.17, 15) is 4.79 Å². The van der Waals surface area contributed by atoms with Crippen LogP contribution in [0.1, 0.15) is 18.7 Å². The lowest BCUT2D eigenvalue weighted by Gasteiger charge is -2.36. The maximum atomic E-state index is 12.0. The second-order valence-electron chi connectivity index (χ2n) is 6.77. The molecule has 26 heavy (non-hydrogen) atoms. The molecule has 0 spiro atoms. The monoisotopic (exact) mass is 368 g/mol. The minimum atomic E-state index is -0.00275. The summed E-state index contributed by atoms with van der Waals surface area (Å²) in [4.78, 5) is 24.5. The normalized spacial score (nSPS) is 15.6. The van der Waals surface area contributed by atoms with Gasteiger partial charge in [0, 0.05) is 38.3 Å². The predicted molar refractivity (Wildman–Crippen MR) is 108 cm³/mol. The zero-order chi connectivity index (χ0) is 17.8. The SMILES string of the molecule is O=c1[nH]c(CCCCN2CCN(c3ccccc3)CC2)nc2ccsc12. The molecule has 0 saturated carbocycles. The van der Waals surface area contributed by atoms with Gasteiger partial charge in [-0.15, -0.1) is 11.3 Å². The summed E-state index contributed by atoms with van der Waals surface area (Å²) in [7, 11) is 0. The van der Waals surface area contributed by atoms with E-state index < -0.39 is 0 Å². The minimum absolute atomic E-state index is 0.00275. The summed E-state index contributed by atoms with van der Waals surface area (Å²) in [6, 6.07) is 12.6. The standard InChI is InChI=1S/C20H24N4OS/c25-20-19-17(9-15-26-19)21-18(22-20)8-4-5-10-23-11-13-24(14-12-23)16-6-2-1-3-7-16/h1-3,6-7,9,15H,4-5,8,10-14H2,(H,21,22,25). The number of benzene rings is 1. The molecule has 0 radical (unpaired) electrons. The Balaban J connectivity index is 1.21. The second-order valence-corrected chi connectivity index (χ2v) is 7.69. The molecule has 4 rings (SSSR count). The summed E-state index contributed by atoms with van der Waals surface area (Å²) in [5, 5.41) is 1.92. The van der Waals surface area contributed by atoms with Gasteiger partial charge in [0.15, 0.2) is 0 Å². The van der Waals surface area contributed by atoms with Crippen molar-refractivity contribution in [2.24, 2.45) is 0 Å². The van der Waals surface area contributed by atoms with Crippen molar-refractivity contribution in [2.45, 2.75) is 19.3 Å². The quantitative estimate of drug-likeness (QED) is 0.679. The molecule has 0 unspecified atom stereocenters. The molecular formula is C20H24N4OS. The summed E-state index contributed by atoms with van der Waals surface area (Å²) in [5.41, 5.74) is 2.15. The topological polar surface area (TPSA) is 52.2 Å². The highest BCUT2D eigenvalue weighted by Crippen LogP contribution is 2.16. The lowest BCUT2D eigenvalue weighted by atomic mass is 10.2. The van der Waals surface area contributed by atoms with Gasteiger partial charge in [-0.2, -0.15) is 0 Å². The number of hydrogen-bond acceptors (Lipinski definition) is 5. The van der Waals surface area contributed by atoms with E-state index in [1.807, 2.05) is 11.4 Å². The van der Waals surface area contributed by atoms with Gasteiger partial charge in [-0.25, -0.2) is 4.98 Å². The molecule has 0 amide bonds. The second kappa shape index (κ2) is 8.01. The average molecular weight is 369 g/mol. The molecule has 0 aliphatic carbocycles. The molecule has 2 aromatic heterocycles. The number of nitrogens with zero attached hydrogens (tertiary/aromatic N) is 3. The highest BCUT2D eigenvalue weighted by atomic mass is 32.1. The van der Waals surface area contributed by atoms with Crippen molar-refractivity contribution in [3.8, 4) is 0 Å². The van der Waals surface area contributed by atoms with E-state index in [1.54, 1.807) is 0 Å². The van der Waals surface area contributed by atoms with Crippen LogP contribution >= 0.6 is 11.3 Å². The highest BCUT2D eigenvalue weighted by Gasteiger charge is 2.16. The minimum Gasteiger partial charge on any atom is -0.369 e. The first-order valence-corrected chi connectivity index (χ1v) is 10.2. The zero-order valence-electron chi connectivity index (χ0n) is 14.9. The van der Waals surface area contributed by atoms with Crippen LogP contribution in [0.25, 0.3) is 10.2 Å². The molecule has 1 N–H and O–H groups in total. The summed E-state index contributed by atoms with van der Waals surface area (Å²) in [6.45, 7) is 5.53. The van der Waals surface area contributed by atoms with Crippen LogP contribution in [-0.2, 0) is 6.42 Å². The van der Waals surface area contributed by atoms with Gasteiger partial charge in [-0.05, 0) is 43.0 Å². The maximum absolute atomic E-state index is 12.0. The van der Waals surface area contributed by atoms with Crippen LogP contribution in [0.3, 0.4) is 0 Å². The van der Waals surface area contributed by atoms with Crippen LogP contribution in [-0.4, -0.2) is 47.6 Å². The third kappa shape index (κ3) is 3.97. The van der Waals surface area contributed by atoms with Crippen LogP contribution in [0.15, 0.2) is 46.6 Å². The Kier molecular flexibility index (Phi) is 5.32. The fourth-order valence-electron chi connectivity index (χ4n) is 3.54. The maximum Gasteiger partial charge on any atom is 0.268 e. The lowest BCUT2D eigenvalue weighted by Crippen LogP contribution is -2.46. The van der Waals surface area contributed by atoms with Crippen LogP contribution in [0, 0.1) is 0 Å². The fourth-order valence-corrected chi connectivity index (χ4v) is 4.26. The molecule has 1 aromatic carbocycles. The van der Waals surface area contributed by atoms with Crippen molar-refractivity contribution >= 4 is 27.2 Å².